The first kappa shape index (κ1) is 23.8. The van der Waals surface area contributed by atoms with Crippen LogP contribution in [-0.4, -0.2) is 45.9 Å². The molecule has 7 heteroatoms. The first-order valence-electron chi connectivity index (χ1n) is 9.07. The number of aliphatic carboxylic acids is 2. The van der Waals surface area contributed by atoms with Crippen molar-refractivity contribution >= 4 is 29.1 Å². The van der Waals surface area contributed by atoms with Gasteiger partial charge in [0.15, 0.2) is 5.78 Å². The third-order valence-corrected chi connectivity index (χ3v) is 4.81. The van der Waals surface area contributed by atoms with Crippen LogP contribution in [0.2, 0.25) is 0 Å². The third-order valence-electron chi connectivity index (χ3n) is 3.88. The quantitative estimate of drug-likeness (QED) is 0.601. The van der Waals surface area contributed by atoms with Gasteiger partial charge in [-0.3, -0.25) is 4.79 Å². The Labute approximate surface area is 174 Å². The first-order chi connectivity index (χ1) is 13.9. The van der Waals surface area contributed by atoms with E-state index in [1.807, 2.05) is 54.0 Å². The smallest absolute Gasteiger partial charge is 0.328 e. The van der Waals surface area contributed by atoms with Crippen molar-refractivity contribution < 1.29 is 24.6 Å². The number of benzene rings is 1. The topological polar surface area (TPSA) is 94.9 Å². The minimum absolute atomic E-state index is 0.135. The van der Waals surface area contributed by atoms with E-state index in [2.05, 4.69) is 18.7 Å². The molecule has 0 spiro atoms. The zero-order chi connectivity index (χ0) is 21.6. The molecule has 1 atom stereocenters. The highest BCUT2D eigenvalue weighted by Crippen LogP contribution is 2.29. The number of hydrogen-bond acceptors (Lipinski definition) is 5. The summed E-state index contributed by atoms with van der Waals surface area (Å²) in [7, 11) is 0. The molecule has 1 heterocycles. The first-order valence-corrected chi connectivity index (χ1v) is 9.95. The fourth-order valence-electron chi connectivity index (χ4n) is 2.42. The van der Waals surface area contributed by atoms with Gasteiger partial charge in [0.25, 0.3) is 0 Å². The van der Waals surface area contributed by atoms with E-state index >= 15 is 0 Å². The number of carbonyl (C=O) groups excluding carboxylic acids is 1. The van der Waals surface area contributed by atoms with E-state index in [1.54, 1.807) is 17.4 Å². The molecule has 0 fully saturated rings. The summed E-state index contributed by atoms with van der Waals surface area (Å²) in [5, 5.41) is 17.6. The lowest BCUT2D eigenvalue weighted by atomic mass is 9.93. The summed E-state index contributed by atoms with van der Waals surface area (Å²) in [5.74, 6) is -2.58. The second-order valence-electron chi connectivity index (χ2n) is 5.81. The molecule has 0 saturated carbocycles. The number of carboxylic acids is 2. The minimum atomic E-state index is -1.26. The number of thiophene rings is 1. The van der Waals surface area contributed by atoms with Crippen molar-refractivity contribution in [2.24, 2.45) is 0 Å². The fraction of sp³-hybridized carbons (Fsp3) is 0.227. The molecule has 0 aliphatic rings. The van der Waals surface area contributed by atoms with Gasteiger partial charge < -0.3 is 15.1 Å². The molecule has 6 nitrogen and oxygen atoms in total. The summed E-state index contributed by atoms with van der Waals surface area (Å²) < 4.78 is 0. The summed E-state index contributed by atoms with van der Waals surface area (Å²) in [5.41, 5.74) is 1.05. The molecule has 2 N–H and O–H groups in total. The SMILES string of the molecule is CCN(C=CC(=O)C(c1ccccc1)c1cccs1)CC.O=C(O)/C=C\C(=O)O. The molecule has 0 bridgehead atoms. The number of carbonyl (C=O) groups is 3. The predicted molar refractivity (Wildman–Crippen MR) is 114 cm³/mol. The summed E-state index contributed by atoms with van der Waals surface area (Å²) >= 11 is 1.63. The summed E-state index contributed by atoms with van der Waals surface area (Å²) in [4.78, 5) is 35.0. The molecule has 1 aromatic heterocycles. The Morgan fingerprint density at radius 3 is 1.97 bits per heavy atom. The minimum Gasteiger partial charge on any atom is -0.478 e. The largest absolute Gasteiger partial charge is 0.478 e. The Hall–Kier alpha value is -3.19. The molecule has 2 aromatic rings. The standard InChI is InChI=1S/C18H21NOS.C4H4O4/c1-3-19(4-2)13-12-16(20)18(17-11-8-14-21-17)15-9-6-5-7-10-15;5-3(6)1-2-4(7)8/h5-14,18H,3-4H2,1-2H3;1-2H,(H,5,6)(H,7,8)/b;2-1-. The van der Waals surface area contributed by atoms with E-state index in [-0.39, 0.29) is 11.7 Å². The molecular weight excluding hydrogens is 390 g/mol. The van der Waals surface area contributed by atoms with E-state index < -0.39 is 11.9 Å². The Balaban J connectivity index is 0.000000447. The maximum absolute atomic E-state index is 12.7. The Morgan fingerprint density at radius 1 is 0.931 bits per heavy atom. The highest BCUT2D eigenvalue weighted by molar-refractivity contribution is 7.10. The van der Waals surface area contributed by atoms with Gasteiger partial charge in [-0.2, -0.15) is 0 Å². The number of rotatable bonds is 9. The molecule has 1 aromatic carbocycles. The van der Waals surface area contributed by atoms with Crippen LogP contribution < -0.4 is 0 Å². The van der Waals surface area contributed by atoms with Gasteiger partial charge in [-0.25, -0.2) is 9.59 Å². The van der Waals surface area contributed by atoms with E-state index in [9.17, 15) is 14.4 Å². The zero-order valence-corrected chi connectivity index (χ0v) is 17.2. The van der Waals surface area contributed by atoms with Crippen molar-refractivity contribution in [1.82, 2.24) is 4.90 Å². The Kier molecular flexibility index (Phi) is 10.7. The van der Waals surface area contributed by atoms with Gasteiger partial charge in [-0.15, -0.1) is 11.3 Å². The summed E-state index contributed by atoms with van der Waals surface area (Å²) in [6, 6.07) is 14.0. The number of carboxylic acid groups (broad SMARTS) is 2. The Morgan fingerprint density at radius 2 is 1.52 bits per heavy atom. The maximum Gasteiger partial charge on any atom is 0.328 e. The third kappa shape index (κ3) is 9.03. The van der Waals surface area contributed by atoms with Crippen LogP contribution >= 0.6 is 11.3 Å². The Bertz CT molecular complexity index is 808. The lowest BCUT2D eigenvalue weighted by Gasteiger charge is -2.16. The zero-order valence-electron chi connectivity index (χ0n) is 16.4. The van der Waals surface area contributed by atoms with E-state index in [0.717, 1.165) is 23.5 Å². The van der Waals surface area contributed by atoms with Crippen LogP contribution in [0.4, 0.5) is 0 Å². The normalized spacial score (nSPS) is 11.7. The number of allylic oxidation sites excluding steroid dienone is 1. The molecular formula is C22H25NO5S. The van der Waals surface area contributed by atoms with Crippen molar-refractivity contribution in [3.63, 3.8) is 0 Å². The predicted octanol–water partition coefficient (Wildman–Crippen LogP) is 4.02. The summed E-state index contributed by atoms with van der Waals surface area (Å²) in [6.45, 7) is 6.00. The van der Waals surface area contributed by atoms with Crippen molar-refractivity contribution in [3.8, 4) is 0 Å². The molecule has 29 heavy (non-hydrogen) atoms. The average molecular weight is 416 g/mol. The van der Waals surface area contributed by atoms with Crippen molar-refractivity contribution in [2.45, 2.75) is 19.8 Å². The highest BCUT2D eigenvalue weighted by Gasteiger charge is 2.21. The number of hydrogen-bond donors (Lipinski definition) is 2. The van der Waals surface area contributed by atoms with Crippen molar-refractivity contribution in [3.05, 3.63) is 82.7 Å². The molecule has 0 saturated heterocycles. The van der Waals surface area contributed by atoms with Crippen LogP contribution in [0.5, 0.6) is 0 Å². The van der Waals surface area contributed by atoms with Crippen LogP contribution in [0.1, 0.15) is 30.2 Å². The maximum atomic E-state index is 12.7. The second kappa shape index (κ2) is 13.1. The molecule has 0 amide bonds. The second-order valence-corrected chi connectivity index (χ2v) is 6.79. The van der Waals surface area contributed by atoms with Gasteiger partial charge >= 0.3 is 11.9 Å². The van der Waals surface area contributed by atoms with Crippen LogP contribution in [0, 0.1) is 0 Å². The van der Waals surface area contributed by atoms with Crippen LogP contribution in [0.15, 0.2) is 72.3 Å². The molecule has 154 valence electrons. The van der Waals surface area contributed by atoms with Crippen LogP contribution in [0.25, 0.3) is 0 Å². The monoisotopic (exact) mass is 415 g/mol. The van der Waals surface area contributed by atoms with Gasteiger partial charge in [-0.1, -0.05) is 36.4 Å². The highest BCUT2D eigenvalue weighted by atomic mass is 32.1. The number of ketones is 1. The average Bonchev–Trinajstić information content (AvgIpc) is 3.23. The van der Waals surface area contributed by atoms with Gasteiger partial charge in [0.05, 0.1) is 5.92 Å². The van der Waals surface area contributed by atoms with Gasteiger partial charge in [0.2, 0.25) is 0 Å². The fourth-order valence-corrected chi connectivity index (χ4v) is 3.28. The lowest BCUT2D eigenvalue weighted by molar-refractivity contribution is -0.134. The lowest BCUT2D eigenvalue weighted by Crippen LogP contribution is -2.17. The van der Waals surface area contributed by atoms with Gasteiger partial charge in [0, 0.05) is 36.3 Å². The van der Waals surface area contributed by atoms with Crippen molar-refractivity contribution in [2.75, 3.05) is 13.1 Å². The molecule has 1 unspecified atom stereocenters. The summed E-state index contributed by atoms with van der Waals surface area (Å²) in [6.07, 6.45) is 4.74. The van der Waals surface area contributed by atoms with Gasteiger partial charge in [-0.05, 0) is 36.9 Å². The van der Waals surface area contributed by atoms with Crippen LogP contribution in [-0.2, 0) is 14.4 Å². The number of nitrogens with zero attached hydrogens (tertiary/aromatic N) is 1. The van der Waals surface area contributed by atoms with Gasteiger partial charge in [0.1, 0.15) is 0 Å². The molecule has 0 aliphatic heterocycles. The van der Waals surface area contributed by atoms with E-state index in [1.165, 1.54) is 0 Å². The van der Waals surface area contributed by atoms with Crippen molar-refractivity contribution in [1.29, 1.82) is 0 Å². The molecule has 2 rings (SSSR count). The van der Waals surface area contributed by atoms with E-state index in [4.69, 9.17) is 10.2 Å². The van der Waals surface area contributed by atoms with E-state index in [0.29, 0.717) is 12.2 Å². The van der Waals surface area contributed by atoms with Crippen LogP contribution in [0.3, 0.4) is 0 Å². The molecule has 0 aliphatic carbocycles. The molecule has 0 radical (unpaired) electrons.